The SMILES string of the molecule is OC[C@H]1O[C@@H](CNc2nc(I)nc3nc[nH]c23)[C@@H](OCc2ccccc2)[C@@H]1OCc1ccccc1. The lowest BCUT2D eigenvalue weighted by molar-refractivity contribution is -0.0829. The molecule has 3 N–H and O–H groups in total. The van der Waals surface area contributed by atoms with Crippen molar-refractivity contribution in [2.24, 2.45) is 0 Å². The van der Waals surface area contributed by atoms with E-state index in [2.05, 4.69) is 47.8 Å². The van der Waals surface area contributed by atoms with Crippen LogP contribution in [0.3, 0.4) is 0 Å². The highest BCUT2D eigenvalue weighted by molar-refractivity contribution is 14.1. The number of nitrogens with zero attached hydrogens (tertiary/aromatic N) is 3. The summed E-state index contributed by atoms with van der Waals surface area (Å²) in [6, 6.07) is 19.9. The molecule has 182 valence electrons. The summed E-state index contributed by atoms with van der Waals surface area (Å²) in [5.74, 6) is 0.636. The molecular formula is C25H26IN5O4. The zero-order chi connectivity index (χ0) is 24.0. The predicted octanol–water partition coefficient (Wildman–Crippen LogP) is 3.30. The summed E-state index contributed by atoms with van der Waals surface area (Å²) in [7, 11) is 0. The van der Waals surface area contributed by atoms with Gasteiger partial charge in [-0.3, -0.25) is 0 Å². The van der Waals surface area contributed by atoms with Gasteiger partial charge in [0.2, 0.25) is 0 Å². The number of aliphatic hydroxyl groups excluding tert-OH is 1. The van der Waals surface area contributed by atoms with Crippen LogP contribution in [0.2, 0.25) is 0 Å². The van der Waals surface area contributed by atoms with Crippen LogP contribution < -0.4 is 5.32 Å². The van der Waals surface area contributed by atoms with Crippen molar-refractivity contribution >= 4 is 39.6 Å². The molecule has 1 saturated heterocycles. The van der Waals surface area contributed by atoms with E-state index in [1.807, 2.05) is 60.7 Å². The predicted molar refractivity (Wildman–Crippen MR) is 139 cm³/mol. The van der Waals surface area contributed by atoms with Gasteiger partial charge in [0.05, 0.1) is 26.1 Å². The summed E-state index contributed by atoms with van der Waals surface area (Å²) in [6.45, 7) is 1.04. The third-order valence-corrected chi connectivity index (χ3v) is 6.37. The molecule has 0 spiro atoms. The van der Waals surface area contributed by atoms with Gasteiger partial charge in [0.15, 0.2) is 15.3 Å². The van der Waals surface area contributed by atoms with Gasteiger partial charge in [-0.25, -0.2) is 15.0 Å². The highest BCUT2D eigenvalue weighted by atomic mass is 127. The molecule has 4 atom stereocenters. The maximum absolute atomic E-state index is 10.1. The minimum Gasteiger partial charge on any atom is -0.394 e. The number of hydrogen-bond acceptors (Lipinski definition) is 8. The molecule has 9 nitrogen and oxygen atoms in total. The van der Waals surface area contributed by atoms with E-state index in [0.29, 0.717) is 35.1 Å². The molecule has 2 aromatic carbocycles. The second-order valence-corrected chi connectivity index (χ2v) is 9.21. The summed E-state index contributed by atoms with van der Waals surface area (Å²) >= 11 is 2.07. The number of ether oxygens (including phenoxy) is 3. The summed E-state index contributed by atoms with van der Waals surface area (Å²) in [4.78, 5) is 16.1. The van der Waals surface area contributed by atoms with Crippen molar-refractivity contribution in [2.45, 2.75) is 37.6 Å². The number of nitrogens with one attached hydrogen (secondary N) is 2. The molecule has 1 aliphatic rings. The molecular weight excluding hydrogens is 561 g/mol. The molecule has 0 aliphatic carbocycles. The van der Waals surface area contributed by atoms with Crippen LogP contribution in [0.4, 0.5) is 5.82 Å². The Labute approximate surface area is 216 Å². The molecule has 1 aliphatic heterocycles. The van der Waals surface area contributed by atoms with Gasteiger partial charge in [0, 0.05) is 29.1 Å². The van der Waals surface area contributed by atoms with Crippen molar-refractivity contribution in [2.75, 3.05) is 18.5 Å². The molecule has 0 radical (unpaired) electrons. The summed E-state index contributed by atoms with van der Waals surface area (Å²) in [6.07, 6.45) is -0.130. The monoisotopic (exact) mass is 587 g/mol. The Morgan fingerprint density at radius 2 is 1.54 bits per heavy atom. The van der Waals surface area contributed by atoms with Crippen LogP contribution >= 0.6 is 22.6 Å². The van der Waals surface area contributed by atoms with Crippen LogP contribution in [-0.4, -0.2) is 62.6 Å². The number of benzene rings is 2. The van der Waals surface area contributed by atoms with Gasteiger partial charge in [0.1, 0.15) is 29.9 Å². The van der Waals surface area contributed by atoms with Crippen LogP contribution in [0.1, 0.15) is 11.1 Å². The Hall–Kier alpha value is -2.64. The molecule has 0 bridgehead atoms. The Kier molecular flexibility index (Phi) is 7.84. The van der Waals surface area contributed by atoms with E-state index < -0.39 is 18.3 Å². The van der Waals surface area contributed by atoms with Gasteiger partial charge in [-0.2, -0.15) is 0 Å². The number of anilines is 1. The van der Waals surface area contributed by atoms with Crippen LogP contribution in [0, 0.1) is 3.83 Å². The average molecular weight is 587 g/mol. The minimum atomic E-state index is -0.510. The maximum atomic E-state index is 10.1. The van der Waals surface area contributed by atoms with Crippen LogP contribution in [0.15, 0.2) is 67.0 Å². The standard InChI is InChI=1S/C25H26IN5O4/c26-25-30-23(20-24(31-25)29-15-28-20)27-11-18-21(33-13-16-7-3-1-4-8-16)22(19(12-32)35-18)34-14-17-9-5-2-6-10-17/h1-10,15,18-19,21-22,32H,11-14H2,(H2,27,28,29,30,31)/t18-,19+,21+,22+/m0/s1. The number of aliphatic hydroxyl groups is 1. The number of H-pyrrole nitrogens is 1. The second kappa shape index (κ2) is 11.4. The Morgan fingerprint density at radius 3 is 2.17 bits per heavy atom. The molecule has 10 heteroatoms. The summed E-state index contributed by atoms with van der Waals surface area (Å²) in [5.41, 5.74) is 3.41. The van der Waals surface area contributed by atoms with Crippen LogP contribution in [0.25, 0.3) is 11.2 Å². The molecule has 0 saturated carbocycles. The van der Waals surface area contributed by atoms with E-state index in [1.165, 1.54) is 0 Å². The number of rotatable bonds is 10. The fraction of sp³-hybridized carbons (Fsp3) is 0.320. The van der Waals surface area contributed by atoms with Gasteiger partial charge in [0.25, 0.3) is 0 Å². The first kappa shape index (κ1) is 24.1. The van der Waals surface area contributed by atoms with E-state index >= 15 is 0 Å². The molecule has 0 unspecified atom stereocenters. The lowest BCUT2D eigenvalue weighted by Crippen LogP contribution is -2.40. The maximum Gasteiger partial charge on any atom is 0.194 e. The fourth-order valence-corrected chi connectivity index (χ4v) is 4.65. The Balaban J connectivity index is 1.34. The van der Waals surface area contributed by atoms with Gasteiger partial charge in [-0.05, 0) is 11.1 Å². The van der Waals surface area contributed by atoms with E-state index in [1.54, 1.807) is 6.33 Å². The first-order chi connectivity index (χ1) is 17.2. The van der Waals surface area contributed by atoms with Crippen molar-refractivity contribution in [3.63, 3.8) is 0 Å². The second-order valence-electron chi connectivity index (χ2n) is 8.24. The number of hydrogen-bond donors (Lipinski definition) is 3. The van der Waals surface area contributed by atoms with E-state index in [-0.39, 0.29) is 12.7 Å². The number of imidazole rings is 1. The third kappa shape index (κ3) is 5.78. The number of aromatic nitrogens is 4. The van der Waals surface area contributed by atoms with E-state index in [4.69, 9.17) is 14.2 Å². The lowest BCUT2D eigenvalue weighted by atomic mass is 10.1. The molecule has 35 heavy (non-hydrogen) atoms. The normalized spacial score (nSPS) is 22.0. The quantitative estimate of drug-likeness (QED) is 0.191. The number of fused-ring (bicyclic) bond motifs is 1. The first-order valence-electron chi connectivity index (χ1n) is 11.4. The largest absolute Gasteiger partial charge is 0.394 e. The highest BCUT2D eigenvalue weighted by Gasteiger charge is 2.46. The van der Waals surface area contributed by atoms with Gasteiger partial charge in [-0.1, -0.05) is 60.7 Å². The molecule has 5 rings (SSSR count). The third-order valence-electron chi connectivity index (χ3n) is 5.89. The van der Waals surface area contributed by atoms with Crippen molar-refractivity contribution in [3.8, 4) is 0 Å². The van der Waals surface area contributed by atoms with Crippen molar-refractivity contribution < 1.29 is 19.3 Å². The van der Waals surface area contributed by atoms with E-state index in [0.717, 1.165) is 16.6 Å². The molecule has 2 aromatic heterocycles. The highest BCUT2D eigenvalue weighted by Crippen LogP contribution is 2.29. The number of halogens is 1. The number of aromatic amines is 1. The molecule has 3 heterocycles. The molecule has 1 fully saturated rings. The van der Waals surface area contributed by atoms with Crippen LogP contribution in [0.5, 0.6) is 0 Å². The van der Waals surface area contributed by atoms with Crippen LogP contribution in [-0.2, 0) is 27.4 Å². The Bertz CT molecular complexity index is 1230. The first-order valence-corrected chi connectivity index (χ1v) is 12.5. The zero-order valence-corrected chi connectivity index (χ0v) is 21.0. The van der Waals surface area contributed by atoms with Crippen molar-refractivity contribution in [1.29, 1.82) is 0 Å². The summed E-state index contributed by atoms with van der Waals surface area (Å²) < 4.78 is 19.4. The smallest absolute Gasteiger partial charge is 0.194 e. The van der Waals surface area contributed by atoms with Crippen molar-refractivity contribution in [1.82, 2.24) is 19.9 Å². The zero-order valence-electron chi connectivity index (χ0n) is 18.9. The average Bonchev–Trinajstić information content (AvgIpc) is 3.50. The fourth-order valence-electron chi connectivity index (χ4n) is 4.18. The van der Waals surface area contributed by atoms with Gasteiger partial charge < -0.3 is 29.6 Å². The minimum absolute atomic E-state index is 0.169. The van der Waals surface area contributed by atoms with Crippen molar-refractivity contribution in [3.05, 3.63) is 81.9 Å². The Morgan fingerprint density at radius 1 is 0.914 bits per heavy atom. The molecule has 4 aromatic rings. The van der Waals surface area contributed by atoms with Gasteiger partial charge in [-0.15, -0.1) is 0 Å². The topological polar surface area (TPSA) is 114 Å². The molecule has 0 amide bonds. The lowest BCUT2D eigenvalue weighted by Gasteiger charge is -2.25. The van der Waals surface area contributed by atoms with Gasteiger partial charge >= 0.3 is 0 Å². The summed E-state index contributed by atoms with van der Waals surface area (Å²) in [5, 5.41) is 13.4. The van der Waals surface area contributed by atoms with E-state index in [9.17, 15) is 5.11 Å².